The Morgan fingerprint density at radius 3 is 2.74 bits per heavy atom. The number of halogens is 1. The summed E-state index contributed by atoms with van der Waals surface area (Å²) in [6.07, 6.45) is 2.41. The molecule has 102 valence electrons. The normalized spacial score (nSPS) is 29.2. The minimum Gasteiger partial charge on any atom is -0.476 e. The van der Waals surface area contributed by atoms with E-state index in [9.17, 15) is 4.79 Å². The highest BCUT2D eigenvalue weighted by atomic mass is 35.5. The molecule has 3 aliphatic rings. The van der Waals surface area contributed by atoms with E-state index in [1.807, 2.05) is 0 Å². The van der Waals surface area contributed by atoms with E-state index in [4.69, 9.17) is 16.7 Å². The Balaban J connectivity index is 1.76. The van der Waals surface area contributed by atoms with E-state index in [2.05, 4.69) is 15.2 Å². The van der Waals surface area contributed by atoms with Crippen molar-refractivity contribution in [3.05, 3.63) is 22.8 Å². The van der Waals surface area contributed by atoms with Crippen molar-refractivity contribution in [2.24, 2.45) is 5.92 Å². The number of nitrogens with one attached hydrogen (secondary N) is 1. The van der Waals surface area contributed by atoms with Crippen molar-refractivity contribution in [3.63, 3.8) is 0 Å². The van der Waals surface area contributed by atoms with Gasteiger partial charge in [-0.2, -0.15) is 0 Å². The topological polar surface area (TPSA) is 65.5 Å². The number of rotatable bonds is 3. The molecule has 0 amide bonds. The maximum absolute atomic E-state index is 11.0. The lowest BCUT2D eigenvalue weighted by atomic mass is 9.84. The number of pyridine rings is 1. The second-order valence-electron chi connectivity index (χ2n) is 5.22. The molecule has 4 rings (SSSR count). The number of hydrogen-bond donors (Lipinski definition) is 2. The van der Waals surface area contributed by atoms with Gasteiger partial charge in [0.05, 0.1) is 5.02 Å². The quantitative estimate of drug-likeness (QED) is 0.886. The smallest absolute Gasteiger partial charge is 0.356 e. The van der Waals surface area contributed by atoms with Crippen LogP contribution in [-0.4, -0.2) is 46.6 Å². The fourth-order valence-corrected chi connectivity index (χ4v) is 3.18. The molecular weight excluding hydrogens is 266 g/mol. The van der Waals surface area contributed by atoms with Crippen molar-refractivity contribution in [1.29, 1.82) is 0 Å². The summed E-state index contributed by atoms with van der Waals surface area (Å²) >= 11 is 5.82. The number of aromatic nitrogens is 1. The molecule has 0 aromatic carbocycles. The number of fused-ring (bicyclic) bond motifs is 3. The Hall–Kier alpha value is -1.33. The van der Waals surface area contributed by atoms with Gasteiger partial charge in [0.15, 0.2) is 5.69 Å². The molecule has 3 fully saturated rings. The van der Waals surface area contributed by atoms with Crippen LogP contribution in [0.5, 0.6) is 0 Å². The number of carboxylic acids is 1. The number of nitrogens with zero attached hydrogens (tertiary/aromatic N) is 2. The number of anilines is 1. The van der Waals surface area contributed by atoms with Crippen LogP contribution in [0.3, 0.4) is 0 Å². The van der Waals surface area contributed by atoms with Crippen molar-refractivity contribution in [2.45, 2.75) is 18.9 Å². The molecule has 3 saturated heterocycles. The lowest BCUT2D eigenvalue weighted by molar-refractivity contribution is 0.0690. The molecular formula is C13H16ClN3O2. The summed E-state index contributed by atoms with van der Waals surface area (Å²) in [4.78, 5) is 17.5. The van der Waals surface area contributed by atoms with Crippen LogP contribution in [0.15, 0.2) is 12.1 Å². The Bertz CT molecular complexity index is 501. The first kappa shape index (κ1) is 12.7. The molecule has 1 atom stereocenters. The van der Waals surface area contributed by atoms with Gasteiger partial charge in [0, 0.05) is 12.6 Å². The molecule has 0 saturated carbocycles. The second-order valence-corrected chi connectivity index (χ2v) is 5.63. The molecule has 6 heteroatoms. The minimum atomic E-state index is -1.09. The van der Waals surface area contributed by atoms with Gasteiger partial charge in [-0.05, 0) is 44.0 Å². The number of carboxylic acid groups (broad SMARTS) is 1. The summed E-state index contributed by atoms with van der Waals surface area (Å²) < 4.78 is 0. The Morgan fingerprint density at radius 2 is 2.16 bits per heavy atom. The lowest BCUT2D eigenvalue weighted by Gasteiger charge is -2.45. The van der Waals surface area contributed by atoms with Crippen LogP contribution in [0.25, 0.3) is 0 Å². The van der Waals surface area contributed by atoms with Gasteiger partial charge in [0.25, 0.3) is 0 Å². The third-order valence-corrected chi connectivity index (χ3v) is 4.34. The Kier molecular flexibility index (Phi) is 3.33. The van der Waals surface area contributed by atoms with Crippen molar-refractivity contribution >= 4 is 23.4 Å². The van der Waals surface area contributed by atoms with Crippen LogP contribution >= 0.6 is 11.6 Å². The van der Waals surface area contributed by atoms with Gasteiger partial charge in [-0.1, -0.05) is 11.6 Å². The highest BCUT2D eigenvalue weighted by molar-refractivity contribution is 6.33. The van der Waals surface area contributed by atoms with Gasteiger partial charge in [-0.15, -0.1) is 0 Å². The van der Waals surface area contributed by atoms with Gasteiger partial charge in [-0.3, -0.25) is 0 Å². The van der Waals surface area contributed by atoms with Gasteiger partial charge < -0.3 is 15.3 Å². The fourth-order valence-electron chi connectivity index (χ4n) is 2.99. The first-order valence-electron chi connectivity index (χ1n) is 6.52. The van der Waals surface area contributed by atoms with E-state index in [-0.39, 0.29) is 10.7 Å². The predicted molar refractivity (Wildman–Crippen MR) is 72.8 cm³/mol. The molecule has 0 radical (unpaired) electrons. The number of hydrogen-bond acceptors (Lipinski definition) is 4. The van der Waals surface area contributed by atoms with E-state index in [0.717, 1.165) is 6.54 Å². The third-order valence-electron chi connectivity index (χ3n) is 4.04. The predicted octanol–water partition coefficient (Wildman–Crippen LogP) is 1.94. The summed E-state index contributed by atoms with van der Waals surface area (Å²) in [7, 11) is 0. The summed E-state index contributed by atoms with van der Waals surface area (Å²) in [5.74, 6) is 0.166. The summed E-state index contributed by atoms with van der Waals surface area (Å²) in [6.45, 7) is 3.37. The maximum Gasteiger partial charge on any atom is 0.356 e. The van der Waals surface area contributed by atoms with Crippen LogP contribution in [0, 0.1) is 5.92 Å². The molecule has 0 spiro atoms. The first-order chi connectivity index (χ1) is 9.13. The van der Waals surface area contributed by atoms with Crippen LogP contribution < -0.4 is 5.32 Å². The third kappa shape index (κ3) is 2.53. The SMILES string of the molecule is O=C(O)c1nc(NC2CN3CCC2CC3)ccc1Cl. The first-order valence-corrected chi connectivity index (χ1v) is 6.90. The highest BCUT2D eigenvalue weighted by Crippen LogP contribution is 2.29. The maximum atomic E-state index is 11.0. The molecule has 3 aliphatic heterocycles. The molecule has 4 heterocycles. The zero-order valence-corrected chi connectivity index (χ0v) is 11.2. The molecule has 1 aromatic heterocycles. The number of carbonyl (C=O) groups is 1. The Labute approximate surface area is 116 Å². The van der Waals surface area contributed by atoms with E-state index in [0.29, 0.717) is 17.8 Å². The standard InChI is InChI=1S/C13H16ClN3O2/c14-9-1-2-11(16-12(9)13(18)19)15-10-7-17-5-3-8(10)4-6-17/h1-2,8,10H,3-7H2,(H,15,16)(H,18,19). The fraction of sp³-hybridized carbons (Fsp3) is 0.538. The molecule has 5 nitrogen and oxygen atoms in total. The zero-order valence-electron chi connectivity index (χ0n) is 10.5. The highest BCUT2D eigenvalue weighted by Gasteiger charge is 2.34. The molecule has 19 heavy (non-hydrogen) atoms. The van der Waals surface area contributed by atoms with Crippen LogP contribution in [0.1, 0.15) is 23.3 Å². The second kappa shape index (κ2) is 4.98. The van der Waals surface area contributed by atoms with E-state index in [1.165, 1.54) is 25.9 Å². The van der Waals surface area contributed by atoms with Gasteiger partial charge in [-0.25, -0.2) is 9.78 Å². The van der Waals surface area contributed by atoms with Crippen molar-refractivity contribution < 1.29 is 9.90 Å². The van der Waals surface area contributed by atoms with E-state index >= 15 is 0 Å². The molecule has 1 aromatic rings. The van der Waals surface area contributed by atoms with Crippen molar-refractivity contribution in [2.75, 3.05) is 25.0 Å². The molecule has 2 N–H and O–H groups in total. The van der Waals surface area contributed by atoms with Crippen LogP contribution in [-0.2, 0) is 0 Å². The summed E-state index contributed by atoms with van der Waals surface area (Å²) in [5, 5.41) is 12.6. The van der Waals surface area contributed by atoms with Gasteiger partial charge in [0.1, 0.15) is 5.82 Å². The average molecular weight is 282 g/mol. The minimum absolute atomic E-state index is 0.0899. The largest absolute Gasteiger partial charge is 0.476 e. The van der Waals surface area contributed by atoms with Crippen molar-refractivity contribution in [1.82, 2.24) is 9.88 Å². The summed E-state index contributed by atoms with van der Waals surface area (Å²) in [6, 6.07) is 3.69. The average Bonchev–Trinajstić information content (AvgIpc) is 2.42. The van der Waals surface area contributed by atoms with Crippen LogP contribution in [0.2, 0.25) is 5.02 Å². The Morgan fingerprint density at radius 1 is 1.42 bits per heavy atom. The van der Waals surface area contributed by atoms with Crippen molar-refractivity contribution in [3.8, 4) is 0 Å². The van der Waals surface area contributed by atoms with Gasteiger partial charge >= 0.3 is 5.97 Å². The lowest BCUT2D eigenvalue weighted by Crippen LogP contribution is -2.53. The zero-order chi connectivity index (χ0) is 13.4. The van der Waals surface area contributed by atoms with E-state index in [1.54, 1.807) is 12.1 Å². The van der Waals surface area contributed by atoms with E-state index < -0.39 is 5.97 Å². The molecule has 0 aliphatic carbocycles. The molecule has 1 unspecified atom stereocenters. The molecule has 2 bridgehead atoms. The summed E-state index contributed by atoms with van der Waals surface area (Å²) in [5.41, 5.74) is -0.0899. The van der Waals surface area contributed by atoms with Crippen LogP contribution in [0.4, 0.5) is 5.82 Å². The number of piperidine rings is 3. The monoisotopic (exact) mass is 281 g/mol. The number of aromatic carboxylic acids is 1. The van der Waals surface area contributed by atoms with Gasteiger partial charge in [0.2, 0.25) is 0 Å².